The van der Waals surface area contributed by atoms with Crippen LogP contribution in [0, 0.1) is 0 Å². The van der Waals surface area contributed by atoms with E-state index in [9.17, 15) is 9.59 Å². The minimum absolute atomic E-state index is 0.0108. The number of amides is 1. The van der Waals surface area contributed by atoms with Gasteiger partial charge in [-0.3, -0.25) is 19.1 Å². The van der Waals surface area contributed by atoms with Gasteiger partial charge in [0.2, 0.25) is 0 Å². The maximum Gasteiger partial charge on any atom is 0.303 e. The number of halogens is 1. The van der Waals surface area contributed by atoms with Crippen LogP contribution in [0.3, 0.4) is 0 Å². The van der Waals surface area contributed by atoms with Gasteiger partial charge < -0.3 is 9.52 Å². The highest BCUT2D eigenvalue weighted by molar-refractivity contribution is 7.80. The highest BCUT2D eigenvalue weighted by Gasteiger charge is 2.35. The van der Waals surface area contributed by atoms with Crippen molar-refractivity contribution in [1.29, 1.82) is 0 Å². The molecule has 3 aromatic rings. The third kappa shape index (κ3) is 2.69. The number of carbonyl (C=O) groups is 2. The number of carboxylic acid groups (broad SMARTS) is 1. The molecular formula is C18H13ClN2O4S. The monoisotopic (exact) mass is 388 g/mol. The molecule has 1 aliphatic heterocycles. The summed E-state index contributed by atoms with van der Waals surface area (Å²) < 4.78 is 7.54. The first-order valence-corrected chi connectivity index (χ1v) is 8.73. The van der Waals surface area contributed by atoms with Crippen LogP contribution in [0.5, 0.6) is 0 Å². The number of aliphatic carboxylic acids is 1. The van der Waals surface area contributed by atoms with Crippen molar-refractivity contribution in [3.05, 3.63) is 47.1 Å². The van der Waals surface area contributed by atoms with Gasteiger partial charge in [0.05, 0.1) is 5.52 Å². The normalized spacial score (nSPS) is 13.7. The van der Waals surface area contributed by atoms with Crippen LogP contribution in [-0.2, 0) is 4.79 Å². The zero-order valence-corrected chi connectivity index (χ0v) is 15.0. The number of rotatable bonds is 5. The summed E-state index contributed by atoms with van der Waals surface area (Å²) in [4.78, 5) is 24.7. The van der Waals surface area contributed by atoms with Crippen molar-refractivity contribution in [2.45, 2.75) is 12.8 Å². The van der Waals surface area contributed by atoms with Gasteiger partial charge in [-0.25, -0.2) is 0 Å². The van der Waals surface area contributed by atoms with Crippen molar-refractivity contribution in [3.8, 4) is 11.3 Å². The van der Waals surface area contributed by atoms with E-state index in [0.717, 1.165) is 5.56 Å². The Labute approximate surface area is 158 Å². The number of thiocarbonyl (C=S) groups is 1. The quantitative estimate of drug-likeness (QED) is 0.668. The van der Waals surface area contributed by atoms with Gasteiger partial charge in [0.15, 0.2) is 10.7 Å². The molecule has 132 valence electrons. The van der Waals surface area contributed by atoms with E-state index in [0.29, 0.717) is 39.1 Å². The third-order valence-electron chi connectivity index (χ3n) is 4.28. The Hall–Kier alpha value is -2.64. The topological polar surface area (TPSA) is 75.7 Å². The molecule has 1 amide bonds. The van der Waals surface area contributed by atoms with E-state index in [1.807, 2.05) is 18.2 Å². The van der Waals surface area contributed by atoms with Crippen LogP contribution in [-0.4, -0.2) is 38.1 Å². The van der Waals surface area contributed by atoms with Crippen molar-refractivity contribution in [2.24, 2.45) is 0 Å². The molecule has 0 unspecified atom stereocenters. The van der Waals surface area contributed by atoms with Gasteiger partial charge in [-0.1, -0.05) is 11.6 Å². The highest BCUT2D eigenvalue weighted by atomic mass is 35.5. The van der Waals surface area contributed by atoms with Gasteiger partial charge >= 0.3 is 5.97 Å². The first-order chi connectivity index (χ1) is 12.5. The molecule has 3 heterocycles. The molecule has 1 aromatic carbocycles. The molecule has 0 bridgehead atoms. The van der Waals surface area contributed by atoms with E-state index in [4.69, 9.17) is 33.3 Å². The molecule has 0 radical (unpaired) electrons. The fourth-order valence-corrected chi connectivity index (χ4v) is 3.54. The Morgan fingerprint density at radius 2 is 1.96 bits per heavy atom. The van der Waals surface area contributed by atoms with Crippen LogP contribution in [0.4, 0.5) is 0 Å². The molecule has 0 atom stereocenters. The molecule has 6 nitrogen and oxygen atoms in total. The zero-order valence-electron chi connectivity index (χ0n) is 13.4. The van der Waals surface area contributed by atoms with E-state index < -0.39 is 5.97 Å². The second-order valence-corrected chi connectivity index (χ2v) is 6.77. The minimum Gasteiger partial charge on any atom is -0.481 e. The van der Waals surface area contributed by atoms with Gasteiger partial charge in [0.1, 0.15) is 11.5 Å². The van der Waals surface area contributed by atoms with Crippen molar-refractivity contribution in [1.82, 2.24) is 9.47 Å². The average molecular weight is 389 g/mol. The molecule has 0 aliphatic carbocycles. The van der Waals surface area contributed by atoms with Crippen molar-refractivity contribution in [3.63, 3.8) is 0 Å². The summed E-state index contributed by atoms with van der Waals surface area (Å²) >= 11 is 11.4. The standard InChI is InChI=1S/C18H13ClN2O4S/c19-11-5-3-10(4-6-11)14-8-12-15(25-14)9-13-17(24)20(18(26)21(12)13)7-1-2-16(22)23/h3-6,8-9H,1-2,7H2,(H,22,23). The molecule has 1 N–H and O–H groups in total. The SMILES string of the molecule is O=C(O)CCCN1C(=O)c2cc3oc(-c4ccc(Cl)cc4)cc3n2C1=S. The second kappa shape index (κ2) is 6.26. The Morgan fingerprint density at radius 1 is 1.23 bits per heavy atom. The molecule has 2 aromatic heterocycles. The molecule has 0 spiro atoms. The smallest absolute Gasteiger partial charge is 0.303 e. The number of hydrogen-bond acceptors (Lipinski definition) is 4. The predicted octanol–water partition coefficient (Wildman–Crippen LogP) is 4.01. The van der Waals surface area contributed by atoms with E-state index in [-0.39, 0.29) is 18.9 Å². The first kappa shape index (κ1) is 16.8. The van der Waals surface area contributed by atoms with Gasteiger partial charge in [-0.05, 0) is 42.9 Å². The summed E-state index contributed by atoms with van der Waals surface area (Å²) in [6, 6.07) is 10.8. The van der Waals surface area contributed by atoms with Crippen LogP contribution >= 0.6 is 23.8 Å². The maximum atomic E-state index is 12.6. The fraction of sp³-hybridized carbons (Fsp3) is 0.167. The molecule has 0 saturated carbocycles. The number of fused-ring (bicyclic) bond motifs is 3. The summed E-state index contributed by atoms with van der Waals surface area (Å²) in [6.45, 7) is 0.273. The molecule has 1 aliphatic rings. The summed E-state index contributed by atoms with van der Waals surface area (Å²) in [5.74, 6) is -0.478. The molecule has 26 heavy (non-hydrogen) atoms. The van der Waals surface area contributed by atoms with E-state index in [1.54, 1.807) is 22.8 Å². The highest BCUT2D eigenvalue weighted by Crippen LogP contribution is 2.33. The van der Waals surface area contributed by atoms with Gasteiger partial charge in [0.25, 0.3) is 5.91 Å². The number of hydrogen-bond donors (Lipinski definition) is 1. The Balaban J connectivity index is 1.66. The number of carbonyl (C=O) groups excluding carboxylic acids is 1. The Morgan fingerprint density at radius 3 is 2.65 bits per heavy atom. The Bertz CT molecular complexity index is 1050. The molecule has 0 saturated heterocycles. The lowest BCUT2D eigenvalue weighted by Crippen LogP contribution is -2.32. The van der Waals surface area contributed by atoms with Gasteiger partial charge in [0, 0.05) is 35.7 Å². The van der Waals surface area contributed by atoms with Crippen LogP contribution < -0.4 is 0 Å². The molecule has 4 rings (SSSR count). The Kier molecular flexibility index (Phi) is 4.05. The van der Waals surface area contributed by atoms with Crippen molar-refractivity contribution >= 4 is 51.9 Å². The van der Waals surface area contributed by atoms with E-state index in [1.165, 1.54) is 4.90 Å². The fourth-order valence-electron chi connectivity index (χ4n) is 3.04. The lowest BCUT2D eigenvalue weighted by Gasteiger charge is -2.14. The van der Waals surface area contributed by atoms with E-state index >= 15 is 0 Å². The number of carboxylic acids is 1. The summed E-state index contributed by atoms with van der Waals surface area (Å²) in [5, 5.41) is 9.74. The number of aromatic nitrogens is 1. The summed E-state index contributed by atoms with van der Waals surface area (Å²) in [5.41, 5.74) is 2.59. The lowest BCUT2D eigenvalue weighted by molar-refractivity contribution is -0.137. The molecular weight excluding hydrogens is 376 g/mol. The number of nitrogens with zero attached hydrogens (tertiary/aromatic N) is 2. The molecule has 8 heteroatoms. The second-order valence-electron chi connectivity index (χ2n) is 5.97. The first-order valence-electron chi connectivity index (χ1n) is 7.95. The third-order valence-corrected chi connectivity index (χ3v) is 4.93. The number of benzene rings is 1. The van der Waals surface area contributed by atoms with Crippen molar-refractivity contribution < 1.29 is 19.1 Å². The molecule has 0 fully saturated rings. The largest absolute Gasteiger partial charge is 0.481 e. The summed E-state index contributed by atoms with van der Waals surface area (Å²) in [7, 11) is 0. The van der Waals surface area contributed by atoms with Crippen LogP contribution in [0.25, 0.3) is 22.4 Å². The van der Waals surface area contributed by atoms with Crippen molar-refractivity contribution in [2.75, 3.05) is 6.54 Å². The van der Waals surface area contributed by atoms with E-state index in [2.05, 4.69) is 0 Å². The van der Waals surface area contributed by atoms with Crippen LogP contribution in [0.15, 0.2) is 40.8 Å². The average Bonchev–Trinajstić information content (AvgIpc) is 3.21. The minimum atomic E-state index is -0.896. The predicted molar refractivity (Wildman–Crippen MR) is 101 cm³/mol. The zero-order chi connectivity index (χ0) is 18.4. The number of furan rings is 1. The van der Waals surface area contributed by atoms with Crippen LogP contribution in [0.1, 0.15) is 23.3 Å². The van der Waals surface area contributed by atoms with Crippen LogP contribution in [0.2, 0.25) is 5.02 Å². The van der Waals surface area contributed by atoms with Gasteiger partial charge in [-0.15, -0.1) is 0 Å². The maximum absolute atomic E-state index is 12.6. The lowest BCUT2D eigenvalue weighted by atomic mass is 10.2. The van der Waals surface area contributed by atoms with Gasteiger partial charge in [-0.2, -0.15) is 0 Å². The summed E-state index contributed by atoms with van der Waals surface area (Å²) in [6.07, 6.45) is 0.333.